The van der Waals surface area contributed by atoms with Crippen molar-refractivity contribution in [1.82, 2.24) is 20.1 Å². The molecule has 156 valence electrons. The Balaban J connectivity index is 1.50. The minimum Gasteiger partial charge on any atom is -0.346 e. The molecule has 3 aromatic rings. The van der Waals surface area contributed by atoms with Crippen LogP contribution in [-0.4, -0.2) is 20.7 Å². The first-order chi connectivity index (χ1) is 14.4. The highest BCUT2D eigenvalue weighted by atomic mass is 16.1. The van der Waals surface area contributed by atoms with Crippen LogP contribution in [0.1, 0.15) is 74.1 Å². The van der Waals surface area contributed by atoms with Crippen molar-refractivity contribution in [2.24, 2.45) is 0 Å². The molecule has 0 saturated heterocycles. The van der Waals surface area contributed by atoms with Crippen molar-refractivity contribution in [2.45, 2.75) is 64.5 Å². The maximum absolute atomic E-state index is 12.6. The molecule has 1 N–H and O–H groups in total. The lowest BCUT2D eigenvalue weighted by molar-refractivity contribution is 0.0950. The summed E-state index contributed by atoms with van der Waals surface area (Å²) in [7, 11) is 0. The summed E-state index contributed by atoms with van der Waals surface area (Å²) in [5.74, 6) is -0.0728. The van der Waals surface area contributed by atoms with Gasteiger partial charge in [-0.3, -0.25) is 14.5 Å². The summed E-state index contributed by atoms with van der Waals surface area (Å²) in [6.07, 6.45) is 8.43. The zero-order valence-electron chi connectivity index (χ0n) is 18.1. The number of amides is 1. The number of rotatable bonds is 5. The summed E-state index contributed by atoms with van der Waals surface area (Å²) in [4.78, 5) is 16.8. The number of nitrogens with one attached hydrogen (secondary N) is 1. The van der Waals surface area contributed by atoms with E-state index < -0.39 is 0 Å². The summed E-state index contributed by atoms with van der Waals surface area (Å²) < 4.78 is 2.15. The van der Waals surface area contributed by atoms with Gasteiger partial charge >= 0.3 is 0 Å². The monoisotopic (exact) mass is 402 g/mol. The molecule has 0 spiro atoms. The minimum absolute atomic E-state index is 0.0728. The van der Waals surface area contributed by atoms with Gasteiger partial charge in [-0.1, -0.05) is 45.7 Å². The average molecular weight is 403 g/mol. The Morgan fingerprint density at radius 3 is 2.37 bits per heavy atom. The number of pyridine rings is 1. The van der Waals surface area contributed by atoms with Gasteiger partial charge in [0.05, 0.1) is 24.0 Å². The SMILES string of the molecule is CC(C)(C)c1ccc(C(=O)NCc2cc(-c3ccncc3)n(C3CCCC3)n2)cc1. The lowest BCUT2D eigenvalue weighted by atomic mass is 9.87. The topological polar surface area (TPSA) is 59.8 Å². The average Bonchev–Trinajstić information content (AvgIpc) is 3.42. The van der Waals surface area contributed by atoms with Gasteiger partial charge in [-0.05, 0) is 54.2 Å². The quantitative estimate of drug-likeness (QED) is 0.631. The molecular formula is C25H30N4O. The first kappa shape index (κ1) is 20.3. The number of hydrogen-bond acceptors (Lipinski definition) is 3. The zero-order valence-corrected chi connectivity index (χ0v) is 18.1. The summed E-state index contributed by atoms with van der Waals surface area (Å²) >= 11 is 0. The van der Waals surface area contributed by atoms with Crippen molar-refractivity contribution >= 4 is 5.91 Å². The predicted molar refractivity (Wildman–Crippen MR) is 119 cm³/mol. The Bertz CT molecular complexity index is 994. The molecule has 1 fully saturated rings. The highest BCUT2D eigenvalue weighted by molar-refractivity contribution is 5.94. The Kier molecular flexibility index (Phi) is 5.71. The smallest absolute Gasteiger partial charge is 0.251 e. The van der Waals surface area contributed by atoms with Crippen molar-refractivity contribution < 1.29 is 4.79 Å². The molecule has 0 atom stereocenters. The molecular weight excluding hydrogens is 372 g/mol. The van der Waals surface area contributed by atoms with Crippen LogP contribution in [-0.2, 0) is 12.0 Å². The number of aromatic nitrogens is 3. The molecule has 2 aromatic heterocycles. The Labute approximate surface area is 178 Å². The second-order valence-corrected chi connectivity index (χ2v) is 9.15. The van der Waals surface area contributed by atoms with Gasteiger partial charge in [0.15, 0.2) is 0 Å². The molecule has 1 aliphatic rings. The van der Waals surface area contributed by atoms with E-state index in [1.807, 2.05) is 48.8 Å². The number of carbonyl (C=O) groups is 1. The van der Waals surface area contributed by atoms with Crippen LogP contribution < -0.4 is 5.32 Å². The first-order valence-corrected chi connectivity index (χ1v) is 10.8. The molecule has 1 aromatic carbocycles. The molecule has 0 radical (unpaired) electrons. The molecule has 0 unspecified atom stereocenters. The number of carbonyl (C=O) groups excluding carboxylic acids is 1. The highest BCUT2D eigenvalue weighted by Gasteiger charge is 2.22. The van der Waals surface area contributed by atoms with Crippen molar-refractivity contribution in [3.63, 3.8) is 0 Å². The summed E-state index contributed by atoms with van der Waals surface area (Å²) in [6, 6.07) is 14.4. The molecule has 2 heterocycles. The molecule has 0 bridgehead atoms. The van der Waals surface area contributed by atoms with Crippen LogP contribution in [0, 0.1) is 0 Å². The second kappa shape index (κ2) is 8.42. The van der Waals surface area contributed by atoms with E-state index in [0.29, 0.717) is 18.2 Å². The van der Waals surface area contributed by atoms with Crippen LogP contribution in [0.15, 0.2) is 54.9 Å². The maximum Gasteiger partial charge on any atom is 0.251 e. The summed E-state index contributed by atoms with van der Waals surface area (Å²) in [6.45, 7) is 6.92. The fraction of sp³-hybridized carbons (Fsp3) is 0.400. The normalized spacial score (nSPS) is 14.8. The molecule has 4 rings (SSSR count). The molecule has 5 nitrogen and oxygen atoms in total. The third-order valence-electron chi connectivity index (χ3n) is 5.88. The number of hydrogen-bond donors (Lipinski definition) is 1. The summed E-state index contributed by atoms with van der Waals surface area (Å²) in [5.41, 5.74) is 5.06. The van der Waals surface area contributed by atoms with Crippen LogP contribution in [0.3, 0.4) is 0 Å². The first-order valence-electron chi connectivity index (χ1n) is 10.8. The Morgan fingerprint density at radius 1 is 1.07 bits per heavy atom. The summed E-state index contributed by atoms with van der Waals surface area (Å²) in [5, 5.41) is 7.89. The van der Waals surface area contributed by atoms with E-state index in [2.05, 4.69) is 41.8 Å². The van der Waals surface area contributed by atoms with Crippen molar-refractivity contribution in [2.75, 3.05) is 0 Å². The van der Waals surface area contributed by atoms with Crippen LogP contribution in [0.25, 0.3) is 11.3 Å². The molecule has 5 heteroatoms. The van der Waals surface area contributed by atoms with Gasteiger partial charge in [0.2, 0.25) is 0 Å². The fourth-order valence-corrected chi connectivity index (χ4v) is 4.09. The molecule has 1 saturated carbocycles. The van der Waals surface area contributed by atoms with E-state index >= 15 is 0 Å². The van der Waals surface area contributed by atoms with Gasteiger partial charge in [0.1, 0.15) is 0 Å². The van der Waals surface area contributed by atoms with Gasteiger partial charge in [-0.25, -0.2) is 0 Å². The van der Waals surface area contributed by atoms with Crippen LogP contribution in [0.4, 0.5) is 0 Å². The van der Waals surface area contributed by atoms with Gasteiger partial charge in [-0.15, -0.1) is 0 Å². The van der Waals surface area contributed by atoms with Gasteiger partial charge < -0.3 is 5.32 Å². The lowest BCUT2D eigenvalue weighted by Gasteiger charge is -2.19. The van der Waals surface area contributed by atoms with Crippen molar-refractivity contribution in [3.8, 4) is 11.3 Å². The third-order valence-corrected chi connectivity index (χ3v) is 5.88. The second-order valence-electron chi connectivity index (χ2n) is 9.15. The van der Waals surface area contributed by atoms with E-state index in [1.165, 1.54) is 18.4 Å². The zero-order chi connectivity index (χ0) is 21.1. The van der Waals surface area contributed by atoms with Crippen molar-refractivity contribution in [1.29, 1.82) is 0 Å². The number of benzene rings is 1. The highest BCUT2D eigenvalue weighted by Crippen LogP contribution is 2.33. The standard InChI is InChI=1S/C25H30N4O/c1-25(2,3)20-10-8-19(9-11-20)24(30)27-17-21-16-23(18-12-14-26-15-13-18)29(28-21)22-6-4-5-7-22/h8-16,22H,4-7,17H2,1-3H3,(H,27,30). The van der Waals surface area contributed by atoms with Gasteiger partial charge in [0.25, 0.3) is 5.91 Å². The van der Waals surface area contributed by atoms with Gasteiger partial charge in [-0.2, -0.15) is 5.10 Å². The minimum atomic E-state index is -0.0728. The Morgan fingerprint density at radius 2 is 1.73 bits per heavy atom. The Hall–Kier alpha value is -2.95. The number of nitrogens with zero attached hydrogens (tertiary/aromatic N) is 3. The molecule has 1 aliphatic carbocycles. The van der Waals surface area contributed by atoms with E-state index in [-0.39, 0.29) is 11.3 Å². The fourth-order valence-electron chi connectivity index (χ4n) is 4.09. The largest absolute Gasteiger partial charge is 0.346 e. The molecule has 1 amide bonds. The van der Waals surface area contributed by atoms with Crippen LogP contribution in [0.5, 0.6) is 0 Å². The van der Waals surface area contributed by atoms with Crippen molar-refractivity contribution in [3.05, 3.63) is 71.7 Å². The van der Waals surface area contributed by atoms with E-state index in [9.17, 15) is 4.79 Å². The van der Waals surface area contributed by atoms with E-state index in [4.69, 9.17) is 5.10 Å². The maximum atomic E-state index is 12.6. The van der Waals surface area contributed by atoms with E-state index in [1.54, 1.807) is 0 Å². The third kappa shape index (κ3) is 4.45. The predicted octanol–water partition coefficient (Wildman–Crippen LogP) is 5.29. The molecule has 0 aliphatic heterocycles. The molecule has 30 heavy (non-hydrogen) atoms. The lowest BCUT2D eigenvalue weighted by Crippen LogP contribution is -2.23. The van der Waals surface area contributed by atoms with Crippen LogP contribution >= 0.6 is 0 Å². The van der Waals surface area contributed by atoms with Crippen LogP contribution in [0.2, 0.25) is 0 Å². The van der Waals surface area contributed by atoms with E-state index in [0.717, 1.165) is 29.8 Å². The van der Waals surface area contributed by atoms with Gasteiger partial charge in [0, 0.05) is 23.5 Å².